The molecule has 10 nitrogen and oxygen atoms in total. The zero-order chi connectivity index (χ0) is 24.5. The molecule has 1 aliphatic rings. The maximum Gasteiger partial charge on any atom is 0.239 e. The third-order valence-corrected chi connectivity index (χ3v) is 5.54. The summed E-state index contributed by atoms with van der Waals surface area (Å²) in [5.41, 5.74) is 0.846. The number of nitrogens with one attached hydrogen (secondary N) is 3. The molecule has 182 valence electrons. The molecule has 1 aromatic carbocycles. The van der Waals surface area contributed by atoms with Gasteiger partial charge in [-0.2, -0.15) is 0 Å². The lowest BCUT2D eigenvalue weighted by molar-refractivity contribution is -0.119. The summed E-state index contributed by atoms with van der Waals surface area (Å²) < 4.78 is 0. The second-order valence-corrected chi connectivity index (χ2v) is 8.24. The smallest absolute Gasteiger partial charge is 0.239 e. The highest BCUT2D eigenvalue weighted by atomic mass is 16.2. The molecule has 1 fully saturated rings. The van der Waals surface area contributed by atoms with E-state index in [4.69, 9.17) is 0 Å². The van der Waals surface area contributed by atoms with Crippen molar-refractivity contribution in [1.82, 2.24) is 25.2 Å². The first-order chi connectivity index (χ1) is 17.1. The van der Waals surface area contributed by atoms with Gasteiger partial charge in [-0.05, 0) is 12.1 Å². The summed E-state index contributed by atoms with van der Waals surface area (Å²) in [4.78, 5) is 41.8. The number of amides is 2. The zero-order valence-corrected chi connectivity index (χ0v) is 19.8. The van der Waals surface area contributed by atoms with Crippen molar-refractivity contribution < 1.29 is 9.59 Å². The first kappa shape index (κ1) is 24.1. The number of rotatable bonds is 9. The van der Waals surface area contributed by atoms with E-state index in [9.17, 15) is 9.59 Å². The Morgan fingerprint density at radius 2 is 1.66 bits per heavy atom. The molecular weight excluding hydrogens is 444 g/mol. The van der Waals surface area contributed by atoms with Gasteiger partial charge in [0, 0.05) is 64.0 Å². The van der Waals surface area contributed by atoms with Crippen molar-refractivity contribution in [2.75, 3.05) is 61.3 Å². The first-order valence-electron chi connectivity index (χ1n) is 11.7. The Morgan fingerprint density at radius 3 is 2.37 bits per heavy atom. The summed E-state index contributed by atoms with van der Waals surface area (Å²) >= 11 is 0. The lowest BCUT2D eigenvalue weighted by Crippen LogP contribution is -2.48. The molecule has 0 bridgehead atoms. The Kier molecular flexibility index (Phi) is 8.18. The Hall–Kier alpha value is -4.05. The van der Waals surface area contributed by atoms with Crippen LogP contribution in [0, 0.1) is 0 Å². The lowest BCUT2D eigenvalue weighted by atomic mass is 10.2. The molecule has 2 aromatic heterocycles. The average molecular weight is 475 g/mol. The Bertz CT molecular complexity index is 1120. The Labute approximate surface area is 204 Å². The number of benzene rings is 1. The minimum atomic E-state index is -0.127. The van der Waals surface area contributed by atoms with Crippen molar-refractivity contribution in [2.24, 2.45) is 0 Å². The second-order valence-electron chi connectivity index (χ2n) is 8.24. The van der Waals surface area contributed by atoms with Crippen LogP contribution in [0.15, 0.2) is 60.8 Å². The quantitative estimate of drug-likeness (QED) is 0.403. The number of pyridine rings is 1. The van der Waals surface area contributed by atoms with Crippen LogP contribution < -0.4 is 20.9 Å². The van der Waals surface area contributed by atoms with E-state index in [0.29, 0.717) is 30.5 Å². The number of anilines is 3. The second kappa shape index (κ2) is 11.9. The fourth-order valence-corrected chi connectivity index (χ4v) is 3.81. The van der Waals surface area contributed by atoms with E-state index in [-0.39, 0.29) is 18.4 Å². The highest BCUT2D eigenvalue weighted by Gasteiger charge is 2.20. The summed E-state index contributed by atoms with van der Waals surface area (Å²) in [6.07, 6.45) is 1.80. The fourth-order valence-electron chi connectivity index (χ4n) is 3.81. The number of nitrogens with zero attached hydrogens (tertiary/aromatic N) is 5. The molecule has 0 atom stereocenters. The molecule has 0 saturated carbocycles. The zero-order valence-electron chi connectivity index (χ0n) is 19.8. The Morgan fingerprint density at radius 1 is 0.914 bits per heavy atom. The molecule has 1 saturated heterocycles. The molecule has 35 heavy (non-hydrogen) atoms. The van der Waals surface area contributed by atoms with Gasteiger partial charge in [0.2, 0.25) is 11.8 Å². The maximum atomic E-state index is 12.8. The molecule has 0 aliphatic carbocycles. The fraction of sp³-hybridized carbons (Fsp3) is 0.320. The van der Waals surface area contributed by atoms with Crippen LogP contribution in [0.3, 0.4) is 0 Å². The van der Waals surface area contributed by atoms with Gasteiger partial charge < -0.3 is 20.9 Å². The van der Waals surface area contributed by atoms with Crippen LogP contribution >= 0.6 is 0 Å². The molecular formula is C25H30N8O2. The van der Waals surface area contributed by atoms with Gasteiger partial charge in [-0.3, -0.25) is 14.5 Å². The lowest BCUT2D eigenvalue weighted by Gasteiger charge is -2.34. The summed E-state index contributed by atoms with van der Waals surface area (Å²) in [6.45, 7) is 5.91. The molecule has 1 aliphatic heterocycles. The largest absolute Gasteiger partial charge is 0.368 e. The van der Waals surface area contributed by atoms with Crippen molar-refractivity contribution in [3.63, 3.8) is 0 Å². The standard InChI is InChI=1S/C25H30N8O2/c1-19(34)26-11-12-27-21-17-22(31-25(30-21)20-7-3-2-4-8-20)29-24(35)18-32-13-15-33(16-14-32)23-9-5-6-10-28-23/h2-10,17H,11-16,18H2,1H3,(H,26,34)(H2,27,29,30,31,35). The number of aromatic nitrogens is 3. The van der Waals surface area contributed by atoms with Gasteiger partial charge in [-0.15, -0.1) is 0 Å². The van der Waals surface area contributed by atoms with Crippen LogP contribution in [0.5, 0.6) is 0 Å². The van der Waals surface area contributed by atoms with E-state index in [1.807, 2.05) is 48.5 Å². The molecule has 3 heterocycles. The van der Waals surface area contributed by atoms with Crippen LogP contribution in [-0.2, 0) is 9.59 Å². The average Bonchev–Trinajstić information content (AvgIpc) is 2.88. The van der Waals surface area contributed by atoms with Gasteiger partial charge in [0.05, 0.1) is 6.54 Å². The van der Waals surface area contributed by atoms with E-state index in [2.05, 4.69) is 40.7 Å². The van der Waals surface area contributed by atoms with E-state index in [0.717, 1.165) is 37.6 Å². The molecule has 4 rings (SSSR count). The van der Waals surface area contributed by atoms with Crippen LogP contribution in [0.1, 0.15) is 6.92 Å². The number of hydrogen-bond acceptors (Lipinski definition) is 8. The molecule has 0 spiro atoms. The summed E-state index contributed by atoms with van der Waals surface area (Å²) in [7, 11) is 0. The monoisotopic (exact) mass is 474 g/mol. The van der Waals surface area contributed by atoms with Crippen molar-refractivity contribution in [1.29, 1.82) is 0 Å². The van der Waals surface area contributed by atoms with Gasteiger partial charge in [0.1, 0.15) is 17.5 Å². The topological polar surface area (TPSA) is 115 Å². The Balaban J connectivity index is 1.37. The highest BCUT2D eigenvalue weighted by molar-refractivity contribution is 5.92. The van der Waals surface area contributed by atoms with Crippen molar-refractivity contribution in [2.45, 2.75) is 6.92 Å². The predicted octanol–water partition coefficient (Wildman–Crippen LogP) is 1.85. The number of piperazine rings is 1. The molecule has 3 aromatic rings. The molecule has 2 amide bonds. The van der Waals surface area contributed by atoms with Crippen molar-refractivity contribution in [3.8, 4) is 11.4 Å². The summed E-state index contributed by atoms with van der Waals surface area (Å²) in [6, 6.07) is 17.2. The van der Waals surface area contributed by atoms with Gasteiger partial charge in [0.15, 0.2) is 5.82 Å². The van der Waals surface area contributed by atoms with Crippen LogP contribution in [0.25, 0.3) is 11.4 Å². The number of carbonyl (C=O) groups excluding carboxylic acids is 2. The highest BCUT2D eigenvalue weighted by Crippen LogP contribution is 2.20. The van der Waals surface area contributed by atoms with Crippen LogP contribution in [-0.4, -0.2) is 77.5 Å². The van der Waals surface area contributed by atoms with Gasteiger partial charge in [-0.1, -0.05) is 36.4 Å². The van der Waals surface area contributed by atoms with Crippen LogP contribution in [0.4, 0.5) is 17.5 Å². The number of carbonyl (C=O) groups is 2. The van der Waals surface area contributed by atoms with E-state index < -0.39 is 0 Å². The number of hydrogen-bond donors (Lipinski definition) is 3. The third kappa shape index (κ3) is 7.21. The van der Waals surface area contributed by atoms with Crippen molar-refractivity contribution >= 4 is 29.3 Å². The molecule has 3 N–H and O–H groups in total. The van der Waals surface area contributed by atoms with Crippen LogP contribution in [0.2, 0.25) is 0 Å². The van der Waals surface area contributed by atoms with E-state index in [1.165, 1.54) is 6.92 Å². The summed E-state index contributed by atoms with van der Waals surface area (Å²) in [5.74, 6) is 2.26. The molecule has 10 heteroatoms. The van der Waals surface area contributed by atoms with E-state index >= 15 is 0 Å². The molecule has 0 radical (unpaired) electrons. The van der Waals surface area contributed by atoms with Crippen molar-refractivity contribution in [3.05, 3.63) is 60.8 Å². The van der Waals surface area contributed by atoms with Gasteiger partial charge in [0.25, 0.3) is 0 Å². The normalized spacial score (nSPS) is 13.8. The third-order valence-electron chi connectivity index (χ3n) is 5.54. The molecule has 0 unspecified atom stereocenters. The maximum absolute atomic E-state index is 12.8. The minimum Gasteiger partial charge on any atom is -0.368 e. The SMILES string of the molecule is CC(=O)NCCNc1cc(NC(=O)CN2CCN(c3ccccn3)CC2)nc(-c2ccccc2)n1. The predicted molar refractivity (Wildman–Crippen MR) is 136 cm³/mol. The summed E-state index contributed by atoms with van der Waals surface area (Å²) in [5, 5.41) is 8.85. The first-order valence-corrected chi connectivity index (χ1v) is 11.7. The van der Waals surface area contributed by atoms with Gasteiger partial charge >= 0.3 is 0 Å². The van der Waals surface area contributed by atoms with Gasteiger partial charge in [-0.25, -0.2) is 15.0 Å². The van der Waals surface area contributed by atoms with E-state index in [1.54, 1.807) is 12.3 Å². The minimum absolute atomic E-state index is 0.0896.